The molecule has 0 bridgehead atoms. The van der Waals surface area contributed by atoms with Gasteiger partial charge in [-0.3, -0.25) is 0 Å². The van der Waals surface area contributed by atoms with Gasteiger partial charge >= 0.3 is 0 Å². The maximum atomic E-state index is 6.56. The van der Waals surface area contributed by atoms with Crippen molar-refractivity contribution >= 4 is 55.4 Å². The van der Waals surface area contributed by atoms with Crippen LogP contribution in [0.1, 0.15) is 22.3 Å². The van der Waals surface area contributed by atoms with Gasteiger partial charge in [0.25, 0.3) is 0 Å². The molecular weight excluding hydrogens is 811 g/mol. The van der Waals surface area contributed by atoms with Crippen molar-refractivity contribution < 1.29 is 4.42 Å². The second-order valence-electron chi connectivity index (χ2n) is 17.0. The minimum atomic E-state index is -0.511. The Labute approximate surface area is 378 Å². The van der Waals surface area contributed by atoms with Crippen molar-refractivity contribution in [2.45, 2.75) is 15.2 Å². The summed E-state index contributed by atoms with van der Waals surface area (Å²) in [6.07, 6.45) is 0. The van der Waals surface area contributed by atoms with Crippen molar-refractivity contribution in [2.24, 2.45) is 0 Å². The number of hydrogen-bond acceptors (Lipinski definition) is 5. The Hall–Kier alpha value is -8.12. The van der Waals surface area contributed by atoms with E-state index in [1.165, 1.54) is 43.2 Å². The number of fused-ring (bicyclic) bond motifs is 15. The Morgan fingerprint density at radius 1 is 0.369 bits per heavy atom. The number of pyridine rings is 1. The highest BCUT2D eigenvalue weighted by Crippen LogP contribution is 2.63. The summed E-state index contributed by atoms with van der Waals surface area (Å²) in [7, 11) is 0. The summed E-state index contributed by atoms with van der Waals surface area (Å²) in [5.74, 6) is 0.652. The summed E-state index contributed by atoms with van der Waals surface area (Å²) in [4.78, 5) is 18.6. The third kappa shape index (κ3) is 5.30. The molecule has 1 spiro atoms. The van der Waals surface area contributed by atoms with E-state index in [9.17, 15) is 0 Å². The van der Waals surface area contributed by atoms with Crippen LogP contribution in [-0.4, -0.2) is 15.0 Å². The van der Waals surface area contributed by atoms with E-state index in [1.807, 2.05) is 42.1 Å². The zero-order valence-corrected chi connectivity index (χ0v) is 35.7. The molecule has 4 nitrogen and oxygen atoms in total. The minimum Gasteiger partial charge on any atom is -0.455 e. The van der Waals surface area contributed by atoms with Gasteiger partial charge in [-0.05, 0) is 87.3 Å². The molecule has 0 saturated carbocycles. The number of aromatic nitrogens is 3. The zero-order chi connectivity index (χ0) is 42.6. The molecule has 0 amide bonds. The Morgan fingerprint density at radius 2 is 1.02 bits per heavy atom. The number of furan rings is 1. The molecule has 0 saturated heterocycles. The van der Waals surface area contributed by atoms with E-state index in [4.69, 9.17) is 19.4 Å². The topological polar surface area (TPSA) is 51.8 Å². The first-order valence-electron chi connectivity index (χ1n) is 22.0. The first kappa shape index (κ1) is 36.4. The van der Waals surface area contributed by atoms with E-state index < -0.39 is 5.41 Å². The lowest BCUT2D eigenvalue weighted by Gasteiger charge is -2.40. The predicted molar refractivity (Wildman–Crippen MR) is 265 cm³/mol. The van der Waals surface area contributed by atoms with Gasteiger partial charge in [-0.25, -0.2) is 15.0 Å². The number of para-hydroxylation sites is 2. The van der Waals surface area contributed by atoms with Gasteiger partial charge < -0.3 is 4.42 Å². The molecule has 2 aliphatic rings. The second-order valence-corrected chi connectivity index (χ2v) is 18.1. The summed E-state index contributed by atoms with van der Waals surface area (Å²) in [6, 6.07) is 76.0. The summed E-state index contributed by atoms with van der Waals surface area (Å²) in [5, 5.41) is 5.48. The normalized spacial score (nSPS) is 13.3. The molecule has 5 heteroatoms. The van der Waals surface area contributed by atoms with E-state index in [0.29, 0.717) is 5.82 Å². The third-order valence-electron chi connectivity index (χ3n) is 13.5. The van der Waals surface area contributed by atoms with Gasteiger partial charge in [0.05, 0.1) is 28.0 Å². The molecule has 302 valence electrons. The molecule has 0 atom stereocenters. The summed E-state index contributed by atoms with van der Waals surface area (Å²) < 4.78 is 6.56. The fraction of sp³-hybridized carbons (Fsp3) is 0.0167. The molecule has 0 fully saturated rings. The standard InChI is InChI=1S/C60H35N3OS/c1-3-16-36(17-4-1)57-46-34-56-50(60(49-27-12-14-29-55(49)65-56)47-25-10-7-20-39(47)40-21-8-11-26-48(40)60)33-44(46)45-32-38(30-31-51(45)61-57)52-35-53(63-59(62-52)37-18-5-2-6-19-37)43-24-15-23-42-41-22-9-13-28-54(41)64-58(42)43/h1-35H. The smallest absolute Gasteiger partial charge is 0.160 e. The van der Waals surface area contributed by atoms with Gasteiger partial charge in [-0.1, -0.05) is 176 Å². The third-order valence-corrected chi connectivity index (χ3v) is 14.7. The van der Waals surface area contributed by atoms with Gasteiger partial charge in [0.15, 0.2) is 5.82 Å². The fourth-order valence-electron chi connectivity index (χ4n) is 10.7. The zero-order valence-electron chi connectivity index (χ0n) is 34.9. The van der Waals surface area contributed by atoms with E-state index in [-0.39, 0.29) is 0 Å². The SMILES string of the molecule is c1ccc(-c2nc(-c3ccc4nc(-c5ccccc5)c5cc6c(cc5c4c3)C3(c4ccccc4S6)c4ccccc4-c4ccccc43)cc(-c3cccc4c3oc3ccccc34)n2)cc1. The highest BCUT2D eigenvalue weighted by Gasteiger charge is 2.50. The highest BCUT2D eigenvalue weighted by atomic mass is 32.2. The summed E-state index contributed by atoms with van der Waals surface area (Å²) in [6.45, 7) is 0. The van der Waals surface area contributed by atoms with Crippen LogP contribution < -0.4 is 0 Å². The van der Waals surface area contributed by atoms with Crippen LogP contribution in [-0.2, 0) is 5.41 Å². The Bertz CT molecular complexity index is 3890. The molecule has 4 heterocycles. The quantitative estimate of drug-likeness (QED) is 0.165. The van der Waals surface area contributed by atoms with Gasteiger partial charge in [0, 0.05) is 53.6 Å². The first-order chi connectivity index (χ1) is 32.2. The lowest BCUT2D eigenvalue weighted by molar-refractivity contribution is 0.670. The van der Waals surface area contributed by atoms with Crippen molar-refractivity contribution in [3.8, 4) is 56.3 Å². The lowest BCUT2D eigenvalue weighted by Crippen LogP contribution is -2.32. The number of hydrogen-bond donors (Lipinski definition) is 0. The van der Waals surface area contributed by atoms with Gasteiger partial charge in [-0.15, -0.1) is 0 Å². The lowest BCUT2D eigenvalue weighted by atomic mass is 9.67. The Morgan fingerprint density at radius 3 is 1.82 bits per heavy atom. The summed E-state index contributed by atoms with van der Waals surface area (Å²) >= 11 is 1.87. The molecule has 0 unspecified atom stereocenters. The second kappa shape index (κ2) is 13.9. The van der Waals surface area contributed by atoms with Crippen LogP contribution in [0, 0.1) is 0 Å². The van der Waals surface area contributed by atoms with Crippen LogP contribution in [0.5, 0.6) is 0 Å². The molecule has 0 radical (unpaired) electrons. The average Bonchev–Trinajstić information content (AvgIpc) is 3.90. The average molecular weight is 846 g/mol. The Balaban J connectivity index is 1.05. The van der Waals surface area contributed by atoms with Crippen LogP contribution in [0.2, 0.25) is 0 Å². The maximum Gasteiger partial charge on any atom is 0.160 e. The molecule has 9 aromatic carbocycles. The van der Waals surface area contributed by atoms with Gasteiger partial charge in [0.2, 0.25) is 0 Å². The molecule has 65 heavy (non-hydrogen) atoms. The monoisotopic (exact) mass is 845 g/mol. The van der Waals surface area contributed by atoms with E-state index in [0.717, 1.165) is 82.9 Å². The van der Waals surface area contributed by atoms with Gasteiger partial charge in [-0.2, -0.15) is 0 Å². The fourth-order valence-corrected chi connectivity index (χ4v) is 11.9. The van der Waals surface area contributed by atoms with Crippen LogP contribution in [0.3, 0.4) is 0 Å². The number of nitrogens with zero attached hydrogens (tertiary/aromatic N) is 3. The maximum absolute atomic E-state index is 6.56. The van der Waals surface area contributed by atoms with E-state index >= 15 is 0 Å². The minimum absolute atomic E-state index is 0.511. The molecule has 0 N–H and O–H groups in total. The number of rotatable bonds is 4. The molecule has 1 aliphatic heterocycles. The van der Waals surface area contributed by atoms with E-state index in [1.54, 1.807) is 0 Å². The van der Waals surface area contributed by atoms with E-state index in [2.05, 4.69) is 182 Å². The van der Waals surface area contributed by atoms with Gasteiger partial charge in [0.1, 0.15) is 11.2 Å². The van der Waals surface area contributed by atoms with Crippen LogP contribution in [0.15, 0.2) is 227 Å². The van der Waals surface area contributed by atoms with Crippen molar-refractivity contribution in [1.29, 1.82) is 0 Å². The molecule has 3 aromatic heterocycles. The summed E-state index contributed by atoms with van der Waals surface area (Å²) in [5.41, 5.74) is 16.4. The van der Waals surface area contributed by atoms with Crippen LogP contribution in [0.4, 0.5) is 0 Å². The largest absolute Gasteiger partial charge is 0.455 e. The highest BCUT2D eigenvalue weighted by molar-refractivity contribution is 7.99. The van der Waals surface area contributed by atoms with Crippen LogP contribution in [0.25, 0.3) is 99.9 Å². The molecule has 12 aromatic rings. The molecule has 14 rings (SSSR count). The van der Waals surface area contributed by atoms with Crippen molar-refractivity contribution in [2.75, 3.05) is 0 Å². The molecular formula is C60H35N3OS. The van der Waals surface area contributed by atoms with Crippen molar-refractivity contribution in [3.05, 3.63) is 235 Å². The Kier molecular flexibility index (Phi) is 7.80. The number of benzene rings is 9. The van der Waals surface area contributed by atoms with Crippen molar-refractivity contribution in [3.63, 3.8) is 0 Å². The van der Waals surface area contributed by atoms with Crippen LogP contribution >= 0.6 is 11.8 Å². The predicted octanol–water partition coefficient (Wildman–Crippen LogP) is 15.6. The van der Waals surface area contributed by atoms with Crippen molar-refractivity contribution in [1.82, 2.24) is 15.0 Å². The molecule has 1 aliphatic carbocycles. The first-order valence-corrected chi connectivity index (χ1v) is 22.8.